The number of aromatic nitrogens is 3. The smallest absolute Gasteiger partial charge is 0.341 e. The van der Waals surface area contributed by atoms with Crippen LogP contribution >= 0.6 is 12.4 Å². The molecule has 0 aromatic carbocycles. The van der Waals surface area contributed by atoms with Crippen molar-refractivity contribution in [3.05, 3.63) is 34.9 Å². The number of hydrogen-bond acceptors (Lipinski definition) is 4. The van der Waals surface area contributed by atoms with Crippen molar-refractivity contribution in [1.82, 2.24) is 19.1 Å². The summed E-state index contributed by atoms with van der Waals surface area (Å²) >= 11 is 0. The summed E-state index contributed by atoms with van der Waals surface area (Å²) in [4.78, 5) is 26.2. The van der Waals surface area contributed by atoms with Gasteiger partial charge < -0.3 is 10.6 Å². The summed E-state index contributed by atoms with van der Waals surface area (Å²) in [5, 5.41) is 4.18. The van der Waals surface area contributed by atoms with Crippen molar-refractivity contribution in [3.63, 3.8) is 0 Å². The lowest BCUT2D eigenvalue weighted by Crippen LogP contribution is -2.42. The third kappa shape index (κ3) is 3.15. The molecular formula is C14H20ClN5O2. The van der Waals surface area contributed by atoms with Gasteiger partial charge >= 0.3 is 5.69 Å². The molecule has 8 heteroatoms. The van der Waals surface area contributed by atoms with Crippen LogP contribution in [0.2, 0.25) is 0 Å². The molecule has 0 unspecified atom stereocenters. The molecule has 22 heavy (non-hydrogen) atoms. The number of pyridine rings is 1. The van der Waals surface area contributed by atoms with Gasteiger partial charge in [0.2, 0.25) is 5.91 Å². The third-order valence-corrected chi connectivity index (χ3v) is 4.07. The topological polar surface area (TPSA) is 85.6 Å². The quantitative estimate of drug-likeness (QED) is 0.868. The highest BCUT2D eigenvalue weighted by Gasteiger charge is 2.23. The minimum Gasteiger partial charge on any atom is -0.341 e. The van der Waals surface area contributed by atoms with E-state index in [1.54, 1.807) is 23.2 Å². The van der Waals surface area contributed by atoms with Gasteiger partial charge in [0.05, 0.1) is 0 Å². The Morgan fingerprint density at radius 1 is 1.32 bits per heavy atom. The van der Waals surface area contributed by atoms with E-state index in [1.807, 2.05) is 6.07 Å². The SMILES string of the molecule is Cl.NCC1CCN(C(=O)Cn2nc3ccccn3c2=O)CC1. The molecule has 3 rings (SSSR count). The lowest BCUT2D eigenvalue weighted by molar-refractivity contribution is -0.133. The van der Waals surface area contributed by atoms with Crippen LogP contribution in [-0.4, -0.2) is 44.6 Å². The van der Waals surface area contributed by atoms with Crippen LogP contribution in [0.25, 0.3) is 5.65 Å². The molecule has 0 spiro atoms. The standard InChI is InChI=1S/C14H19N5O2.ClH/c15-9-11-4-7-17(8-5-11)13(20)10-19-14(21)18-6-2-1-3-12(18)16-19;/h1-3,6,11H,4-5,7-10,15H2;1H. The summed E-state index contributed by atoms with van der Waals surface area (Å²) in [7, 11) is 0. The van der Waals surface area contributed by atoms with Gasteiger partial charge in [-0.15, -0.1) is 17.5 Å². The molecule has 1 aliphatic heterocycles. The Morgan fingerprint density at radius 2 is 2.05 bits per heavy atom. The molecule has 0 aliphatic carbocycles. The van der Waals surface area contributed by atoms with E-state index in [4.69, 9.17) is 5.73 Å². The number of fused-ring (bicyclic) bond motifs is 1. The van der Waals surface area contributed by atoms with E-state index in [0.29, 0.717) is 31.2 Å². The van der Waals surface area contributed by atoms with Crippen LogP contribution in [0.3, 0.4) is 0 Å². The van der Waals surface area contributed by atoms with E-state index in [0.717, 1.165) is 12.8 Å². The second-order valence-corrected chi connectivity index (χ2v) is 5.43. The molecule has 2 aromatic heterocycles. The molecule has 0 atom stereocenters. The number of carbonyl (C=O) groups excluding carboxylic acids is 1. The third-order valence-electron chi connectivity index (χ3n) is 4.07. The van der Waals surface area contributed by atoms with Gasteiger partial charge in [0.25, 0.3) is 0 Å². The molecule has 1 aliphatic rings. The zero-order chi connectivity index (χ0) is 14.8. The molecule has 0 radical (unpaired) electrons. The first kappa shape index (κ1) is 16.5. The Balaban J connectivity index is 0.00000176. The predicted octanol–water partition coefficient (Wildman–Crippen LogP) is 0.115. The molecule has 3 heterocycles. The Bertz CT molecular complexity index is 703. The number of hydrogen-bond donors (Lipinski definition) is 1. The van der Waals surface area contributed by atoms with Crippen LogP contribution in [0.4, 0.5) is 0 Å². The number of carbonyl (C=O) groups is 1. The average Bonchev–Trinajstić information content (AvgIpc) is 2.84. The van der Waals surface area contributed by atoms with Gasteiger partial charge in [-0.2, -0.15) is 0 Å². The average molecular weight is 326 g/mol. The molecule has 0 bridgehead atoms. The van der Waals surface area contributed by atoms with Crippen molar-refractivity contribution in [2.75, 3.05) is 19.6 Å². The number of piperidine rings is 1. The maximum atomic E-state index is 12.3. The lowest BCUT2D eigenvalue weighted by atomic mass is 9.97. The van der Waals surface area contributed by atoms with Gasteiger partial charge in [-0.3, -0.25) is 9.20 Å². The lowest BCUT2D eigenvalue weighted by Gasteiger charge is -2.31. The minimum absolute atomic E-state index is 0. The van der Waals surface area contributed by atoms with E-state index >= 15 is 0 Å². The molecule has 2 N–H and O–H groups in total. The fourth-order valence-electron chi connectivity index (χ4n) is 2.72. The first-order chi connectivity index (χ1) is 10.2. The van der Waals surface area contributed by atoms with Crippen molar-refractivity contribution in [3.8, 4) is 0 Å². The van der Waals surface area contributed by atoms with Crippen LogP contribution in [0.1, 0.15) is 12.8 Å². The minimum atomic E-state index is -0.282. The number of nitrogens with zero attached hydrogens (tertiary/aromatic N) is 4. The van der Waals surface area contributed by atoms with Gasteiger partial charge in [0.1, 0.15) is 6.54 Å². The fourth-order valence-corrected chi connectivity index (χ4v) is 2.72. The van der Waals surface area contributed by atoms with Crippen molar-refractivity contribution in [2.45, 2.75) is 19.4 Å². The number of halogens is 1. The van der Waals surface area contributed by atoms with E-state index < -0.39 is 0 Å². The van der Waals surface area contributed by atoms with Gasteiger partial charge in [0, 0.05) is 19.3 Å². The predicted molar refractivity (Wildman–Crippen MR) is 85.1 cm³/mol. The zero-order valence-corrected chi connectivity index (χ0v) is 13.0. The molecule has 1 amide bonds. The maximum Gasteiger partial charge on any atom is 0.350 e. The van der Waals surface area contributed by atoms with Crippen LogP contribution in [0.5, 0.6) is 0 Å². The highest BCUT2D eigenvalue weighted by atomic mass is 35.5. The molecule has 0 saturated carbocycles. The largest absolute Gasteiger partial charge is 0.350 e. The van der Waals surface area contributed by atoms with Gasteiger partial charge in [-0.1, -0.05) is 6.07 Å². The summed E-state index contributed by atoms with van der Waals surface area (Å²) in [6, 6.07) is 5.32. The van der Waals surface area contributed by atoms with Crippen LogP contribution in [-0.2, 0) is 11.3 Å². The molecule has 1 saturated heterocycles. The summed E-state index contributed by atoms with van der Waals surface area (Å²) in [6.45, 7) is 2.09. The van der Waals surface area contributed by atoms with E-state index in [2.05, 4.69) is 5.10 Å². The van der Waals surface area contributed by atoms with E-state index in [1.165, 1.54) is 9.08 Å². The monoisotopic (exact) mass is 325 g/mol. The first-order valence-corrected chi connectivity index (χ1v) is 7.21. The molecule has 120 valence electrons. The first-order valence-electron chi connectivity index (χ1n) is 7.21. The second-order valence-electron chi connectivity index (χ2n) is 5.43. The van der Waals surface area contributed by atoms with Crippen molar-refractivity contribution >= 4 is 24.0 Å². The van der Waals surface area contributed by atoms with Gasteiger partial charge in [0.15, 0.2) is 5.65 Å². The zero-order valence-electron chi connectivity index (χ0n) is 12.2. The Morgan fingerprint density at radius 3 is 2.68 bits per heavy atom. The molecule has 7 nitrogen and oxygen atoms in total. The number of amides is 1. The summed E-state index contributed by atoms with van der Waals surface area (Å²) in [6.07, 6.45) is 3.52. The van der Waals surface area contributed by atoms with E-state index in [-0.39, 0.29) is 30.5 Å². The fraction of sp³-hybridized carbons (Fsp3) is 0.500. The molecule has 1 fully saturated rings. The number of rotatable bonds is 3. The Labute approximate surface area is 134 Å². The highest BCUT2D eigenvalue weighted by molar-refractivity contribution is 5.85. The Kier molecular flexibility index (Phi) is 5.20. The Hall–Kier alpha value is -1.86. The van der Waals surface area contributed by atoms with E-state index in [9.17, 15) is 9.59 Å². The van der Waals surface area contributed by atoms with Gasteiger partial charge in [-0.05, 0) is 37.4 Å². The molecular weight excluding hydrogens is 306 g/mol. The van der Waals surface area contributed by atoms with Crippen LogP contribution < -0.4 is 11.4 Å². The summed E-state index contributed by atoms with van der Waals surface area (Å²) in [5.74, 6) is 0.447. The maximum absolute atomic E-state index is 12.3. The van der Waals surface area contributed by atoms with Crippen molar-refractivity contribution < 1.29 is 4.79 Å². The second kappa shape index (κ2) is 6.93. The summed E-state index contributed by atoms with van der Waals surface area (Å²) < 4.78 is 2.67. The molecule has 2 aromatic rings. The highest BCUT2D eigenvalue weighted by Crippen LogP contribution is 2.15. The van der Waals surface area contributed by atoms with Crippen LogP contribution in [0, 0.1) is 5.92 Å². The van der Waals surface area contributed by atoms with Gasteiger partial charge in [-0.25, -0.2) is 9.48 Å². The normalized spacial score (nSPS) is 15.8. The van der Waals surface area contributed by atoms with Crippen LogP contribution in [0.15, 0.2) is 29.2 Å². The van der Waals surface area contributed by atoms with Crippen molar-refractivity contribution in [1.29, 1.82) is 0 Å². The summed E-state index contributed by atoms with van der Waals surface area (Å²) in [5.41, 5.74) is 5.92. The van der Waals surface area contributed by atoms with Crippen molar-refractivity contribution in [2.24, 2.45) is 11.7 Å². The number of nitrogens with two attached hydrogens (primary N) is 1. The number of likely N-dealkylation sites (tertiary alicyclic amines) is 1.